The lowest BCUT2D eigenvalue weighted by molar-refractivity contribution is -0.137. The highest BCUT2D eigenvalue weighted by Crippen LogP contribution is 2.04. The SMILES string of the molecule is CC(O)CCNCC1CCOCO1. The van der Waals surface area contributed by atoms with E-state index in [1.807, 2.05) is 0 Å². The third-order valence-corrected chi connectivity index (χ3v) is 2.08. The van der Waals surface area contributed by atoms with Gasteiger partial charge in [0.05, 0.1) is 18.8 Å². The van der Waals surface area contributed by atoms with Crippen molar-refractivity contribution in [3.8, 4) is 0 Å². The van der Waals surface area contributed by atoms with Crippen LogP contribution in [0.2, 0.25) is 0 Å². The molecule has 2 unspecified atom stereocenters. The van der Waals surface area contributed by atoms with Crippen molar-refractivity contribution >= 4 is 0 Å². The van der Waals surface area contributed by atoms with E-state index in [0.29, 0.717) is 6.79 Å². The second-order valence-electron chi connectivity index (χ2n) is 3.45. The summed E-state index contributed by atoms with van der Waals surface area (Å²) in [5, 5.41) is 12.2. The maximum Gasteiger partial charge on any atom is 0.147 e. The molecule has 1 rings (SSSR count). The first-order chi connectivity index (χ1) is 6.29. The van der Waals surface area contributed by atoms with Crippen molar-refractivity contribution in [1.29, 1.82) is 0 Å². The highest BCUT2D eigenvalue weighted by atomic mass is 16.7. The summed E-state index contributed by atoms with van der Waals surface area (Å²) >= 11 is 0. The molecule has 0 aromatic carbocycles. The predicted molar refractivity (Wildman–Crippen MR) is 49.5 cm³/mol. The average Bonchev–Trinajstić information content (AvgIpc) is 2.14. The second kappa shape index (κ2) is 6.32. The van der Waals surface area contributed by atoms with Crippen LogP contribution in [0, 0.1) is 0 Å². The van der Waals surface area contributed by atoms with E-state index in [4.69, 9.17) is 14.6 Å². The van der Waals surface area contributed by atoms with Gasteiger partial charge < -0.3 is 19.9 Å². The Morgan fingerprint density at radius 3 is 3.08 bits per heavy atom. The summed E-state index contributed by atoms with van der Waals surface area (Å²) in [7, 11) is 0. The van der Waals surface area contributed by atoms with Gasteiger partial charge in [-0.05, 0) is 26.3 Å². The lowest BCUT2D eigenvalue weighted by atomic mass is 10.2. The Morgan fingerprint density at radius 1 is 1.62 bits per heavy atom. The number of aliphatic hydroxyl groups excluding tert-OH is 1. The molecular formula is C9H19NO3. The molecular weight excluding hydrogens is 170 g/mol. The Hall–Kier alpha value is -0.160. The van der Waals surface area contributed by atoms with E-state index in [0.717, 1.165) is 32.5 Å². The maximum atomic E-state index is 9.00. The Labute approximate surface area is 79.2 Å². The largest absolute Gasteiger partial charge is 0.393 e. The zero-order valence-electron chi connectivity index (χ0n) is 8.16. The minimum Gasteiger partial charge on any atom is -0.393 e. The van der Waals surface area contributed by atoms with Crippen molar-refractivity contribution < 1.29 is 14.6 Å². The molecule has 0 saturated carbocycles. The molecule has 78 valence electrons. The standard InChI is InChI=1S/C9H19NO3/c1-8(11)2-4-10-6-9-3-5-12-7-13-9/h8-11H,2-7H2,1H3. The van der Waals surface area contributed by atoms with Crippen LogP contribution in [0.5, 0.6) is 0 Å². The summed E-state index contributed by atoms with van der Waals surface area (Å²) < 4.78 is 10.4. The van der Waals surface area contributed by atoms with E-state index >= 15 is 0 Å². The van der Waals surface area contributed by atoms with Crippen molar-refractivity contribution in [3.05, 3.63) is 0 Å². The number of nitrogens with one attached hydrogen (secondary N) is 1. The molecule has 0 aromatic heterocycles. The quantitative estimate of drug-likeness (QED) is 0.603. The number of ether oxygens (including phenoxy) is 2. The van der Waals surface area contributed by atoms with Crippen LogP contribution in [-0.2, 0) is 9.47 Å². The van der Waals surface area contributed by atoms with Crippen molar-refractivity contribution in [3.63, 3.8) is 0 Å². The van der Waals surface area contributed by atoms with Crippen LogP contribution in [0.15, 0.2) is 0 Å². The highest BCUT2D eigenvalue weighted by molar-refractivity contribution is 4.64. The first-order valence-electron chi connectivity index (χ1n) is 4.87. The number of hydrogen-bond acceptors (Lipinski definition) is 4. The van der Waals surface area contributed by atoms with E-state index < -0.39 is 0 Å². The van der Waals surface area contributed by atoms with Gasteiger partial charge in [0.25, 0.3) is 0 Å². The summed E-state index contributed by atoms with van der Waals surface area (Å²) in [6, 6.07) is 0. The molecule has 0 bridgehead atoms. The molecule has 2 atom stereocenters. The van der Waals surface area contributed by atoms with Crippen LogP contribution in [0.3, 0.4) is 0 Å². The molecule has 4 heteroatoms. The van der Waals surface area contributed by atoms with Crippen LogP contribution in [0.25, 0.3) is 0 Å². The molecule has 0 amide bonds. The fourth-order valence-electron chi connectivity index (χ4n) is 1.24. The molecule has 0 aliphatic carbocycles. The summed E-state index contributed by atoms with van der Waals surface area (Å²) in [5.41, 5.74) is 0. The van der Waals surface area contributed by atoms with Gasteiger partial charge in [-0.2, -0.15) is 0 Å². The van der Waals surface area contributed by atoms with Crippen LogP contribution < -0.4 is 5.32 Å². The van der Waals surface area contributed by atoms with Crippen LogP contribution >= 0.6 is 0 Å². The molecule has 1 aliphatic heterocycles. The topological polar surface area (TPSA) is 50.7 Å². The molecule has 1 saturated heterocycles. The molecule has 1 heterocycles. The lowest BCUT2D eigenvalue weighted by Gasteiger charge is -2.23. The van der Waals surface area contributed by atoms with Gasteiger partial charge in [0, 0.05) is 6.54 Å². The third kappa shape index (κ3) is 5.21. The fraction of sp³-hybridized carbons (Fsp3) is 1.00. The van der Waals surface area contributed by atoms with Gasteiger partial charge in [0.1, 0.15) is 6.79 Å². The third-order valence-electron chi connectivity index (χ3n) is 2.08. The van der Waals surface area contributed by atoms with E-state index in [-0.39, 0.29) is 12.2 Å². The Bertz CT molecular complexity index is 124. The van der Waals surface area contributed by atoms with E-state index in [1.54, 1.807) is 6.92 Å². The summed E-state index contributed by atoms with van der Waals surface area (Å²) in [6.45, 7) is 4.71. The normalized spacial score (nSPS) is 25.8. The van der Waals surface area contributed by atoms with Crippen molar-refractivity contribution in [2.75, 3.05) is 26.5 Å². The van der Waals surface area contributed by atoms with Gasteiger partial charge in [-0.1, -0.05) is 0 Å². The molecule has 13 heavy (non-hydrogen) atoms. The first-order valence-corrected chi connectivity index (χ1v) is 4.87. The minimum absolute atomic E-state index is 0.219. The Balaban J connectivity index is 1.92. The van der Waals surface area contributed by atoms with Crippen LogP contribution in [0.4, 0.5) is 0 Å². The number of hydrogen-bond donors (Lipinski definition) is 2. The molecule has 0 spiro atoms. The lowest BCUT2D eigenvalue weighted by Crippen LogP contribution is -2.35. The first kappa shape index (κ1) is 10.9. The van der Waals surface area contributed by atoms with E-state index in [1.165, 1.54) is 0 Å². The summed E-state index contributed by atoms with van der Waals surface area (Å²) in [4.78, 5) is 0. The van der Waals surface area contributed by atoms with Crippen molar-refractivity contribution in [2.45, 2.75) is 32.0 Å². The van der Waals surface area contributed by atoms with E-state index in [9.17, 15) is 0 Å². The number of aliphatic hydroxyl groups is 1. The highest BCUT2D eigenvalue weighted by Gasteiger charge is 2.12. The molecule has 0 radical (unpaired) electrons. The monoisotopic (exact) mass is 189 g/mol. The molecule has 4 nitrogen and oxygen atoms in total. The van der Waals surface area contributed by atoms with Gasteiger partial charge in [-0.15, -0.1) is 0 Å². The van der Waals surface area contributed by atoms with Crippen LogP contribution in [-0.4, -0.2) is 43.8 Å². The summed E-state index contributed by atoms with van der Waals surface area (Å²) in [5.74, 6) is 0. The Morgan fingerprint density at radius 2 is 2.46 bits per heavy atom. The van der Waals surface area contributed by atoms with Gasteiger partial charge >= 0.3 is 0 Å². The molecule has 1 fully saturated rings. The predicted octanol–water partition coefficient (Wildman–Crippen LogP) is 0.110. The Kier molecular flexibility index (Phi) is 5.31. The average molecular weight is 189 g/mol. The van der Waals surface area contributed by atoms with Crippen molar-refractivity contribution in [1.82, 2.24) is 5.32 Å². The second-order valence-corrected chi connectivity index (χ2v) is 3.45. The fourth-order valence-corrected chi connectivity index (χ4v) is 1.24. The van der Waals surface area contributed by atoms with Gasteiger partial charge in [0.15, 0.2) is 0 Å². The van der Waals surface area contributed by atoms with Crippen LogP contribution in [0.1, 0.15) is 19.8 Å². The number of rotatable bonds is 5. The molecule has 1 aliphatic rings. The van der Waals surface area contributed by atoms with Crippen molar-refractivity contribution in [2.24, 2.45) is 0 Å². The molecule has 2 N–H and O–H groups in total. The maximum absolute atomic E-state index is 9.00. The molecule has 0 aromatic rings. The van der Waals surface area contributed by atoms with Gasteiger partial charge in [-0.3, -0.25) is 0 Å². The van der Waals surface area contributed by atoms with Gasteiger partial charge in [-0.25, -0.2) is 0 Å². The van der Waals surface area contributed by atoms with Gasteiger partial charge in [0.2, 0.25) is 0 Å². The minimum atomic E-state index is -0.219. The summed E-state index contributed by atoms with van der Waals surface area (Å²) in [6.07, 6.45) is 1.82. The smallest absolute Gasteiger partial charge is 0.147 e. The zero-order chi connectivity index (χ0) is 9.52. The zero-order valence-corrected chi connectivity index (χ0v) is 8.16. The van der Waals surface area contributed by atoms with E-state index in [2.05, 4.69) is 5.32 Å².